The van der Waals surface area contributed by atoms with Gasteiger partial charge in [0.05, 0.1) is 5.69 Å². The summed E-state index contributed by atoms with van der Waals surface area (Å²) in [6.45, 7) is 0. The van der Waals surface area contributed by atoms with Gasteiger partial charge in [0, 0.05) is 6.20 Å². The van der Waals surface area contributed by atoms with Crippen molar-refractivity contribution in [3.8, 4) is 0 Å². The molecule has 0 aromatic carbocycles. The van der Waals surface area contributed by atoms with Crippen LogP contribution in [0, 0.1) is 5.82 Å². The molecular weight excluding hydrogens is 157 g/mol. The molecule has 64 valence electrons. The summed E-state index contributed by atoms with van der Waals surface area (Å²) in [5, 5.41) is 9.78. The third-order valence-electron chi connectivity index (χ3n) is 2.38. The Balaban J connectivity index is 2.33. The summed E-state index contributed by atoms with van der Waals surface area (Å²) in [4.78, 5) is 3.94. The van der Waals surface area contributed by atoms with Crippen LogP contribution >= 0.6 is 0 Å². The summed E-state index contributed by atoms with van der Waals surface area (Å²) in [7, 11) is 0. The van der Waals surface area contributed by atoms with Gasteiger partial charge in [-0.05, 0) is 31.4 Å². The van der Waals surface area contributed by atoms with Gasteiger partial charge < -0.3 is 5.11 Å². The predicted octanol–water partition coefficient (Wildman–Crippen LogP) is 1.59. The van der Waals surface area contributed by atoms with Crippen molar-refractivity contribution >= 4 is 0 Å². The molecule has 2 nitrogen and oxygen atoms in total. The van der Waals surface area contributed by atoms with Gasteiger partial charge in [-0.3, -0.25) is 4.98 Å². The highest BCUT2D eigenvalue weighted by molar-refractivity contribution is 5.16. The number of hydrogen-bond acceptors (Lipinski definition) is 2. The Morgan fingerprint density at radius 1 is 1.50 bits per heavy atom. The Morgan fingerprint density at radius 2 is 2.25 bits per heavy atom. The van der Waals surface area contributed by atoms with Crippen molar-refractivity contribution in [3.63, 3.8) is 0 Å². The molecule has 1 heterocycles. The minimum absolute atomic E-state index is 0.333. The highest BCUT2D eigenvalue weighted by Gasteiger charge is 2.37. The average molecular weight is 167 g/mol. The van der Waals surface area contributed by atoms with E-state index in [1.165, 1.54) is 18.3 Å². The minimum atomic E-state index is -0.845. The monoisotopic (exact) mass is 167 g/mol. The zero-order valence-corrected chi connectivity index (χ0v) is 6.63. The first-order valence-corrected chi connectivity index (χ1v) is 4.05. The van der Waals surface area contributed by atoms with E-state index < -0.39 is 5.60 Å². The van der Waals surface area contributed by atoms with E-state index in [2.05, 4.69) is 4.98 Å². The molecular formula is C9H10FNO. The number of pyridine rings is 1. The van der Waals surface area contributed by atoms with Gasteiger partial charge in [0.15, 0.2) is 0 Å². The summed E-state index contributed by atoms with van der Waals surface area (Å²) < 4.78 is 12.7. The van der Waals surface area contributed by atoms with Crippen LogP contribution < -0.4 is 0 Å². The van der Waals surface area contributed by atoms with Crippen molar-refractivity contribution in [3.05, 3.63) is 29.8 Å². The Labute approximate surface area is 70.1 Å². The zero-order chi connectivity index (χ0) is 8.60. The molecule has 1 fully saturated rings. The van der Waals surface area contributed by atoms with Crippen molar-refractivity contribution in [2.45, 2.75) is 24.9 Å². The summed E-state index contributed by atoms with van der Waals surface area (Å²) in [6.07, 6.45) is 3.78. The Kier molecular flexibility index (Phi) is 1.61. The fourth-order valence-electron chi connectivity index (χ4n) is 1.43. The van der Waals surface area contributed by atoms with Gasteiger partial charge in [0.1, 0.15) is 11.4 Å². The summed E-state index contributed by atoms with van der Waals surface area (Å²) in [6, 6.07) is 2.59. The van der Waals surface area contributed by atoms with Crippen molar-refractivity contribution in [1.29, 1.82) is 0 Å². The van der Waals surface area contributed by atoms with Crippen LogP contribution in [-0.4, -0.2) is 10.1 Å². The lowest BCUT2D eigenvalue weighted by Gasteiger charge is -2.35. The second-order valence-electron chi connectivity index (χ2n) is 3.24. The van der Waals surface area contributed by atoms with Gasteiger partial charge in [-0.2, -0.15) is 0 Å². The molecule has 0 spiro atoms. The van der Waals surface area contributed by atoms with E-state index >= 15 is 0 Å². The molecule has 0 amide bonds. The van der Waals surface area contributed by atoms with E-state index in [0.29, 0.717) is 18.5 Å². The molecule has 1 aromatic rings. The van der Waals surface area contributed by atoms with Gasteiger partial charge in [0.2, 0.25) is 0 Å². The first kappa shape index (κ1) is 7.68. The zero-order valence-electron chi connectivity index (χ0n) is 6.63. The SMILES string of the molecule is OC1(c2cc(F)ccn2)CCC1. The smallest absolute Gasteiger partial charge is 0.126 e. The Bertz CT molecular complexity index is 296. The fraction of sp³-hybridized carbons (Fsp3) is 0.444. The van der Waals surface area contributed by atoms with E-state index in [9.17, 15) is 9.50 Å². The molecule has 0 atom stereocenters. The Morgan fingerprint density at radius 3 is 2.75 bits per heavy atom. The van der Waals surface area contributed by atoms with Crippen LogP contribution in [0.5, 0.6) is 0 Å². The number of halogens is 1. The lowest BCUT2D eigenvalue weighted by molar-refractivity contribution is -0.0428. The molecule has 3 heteroatoms. The topological polar surface area (TPSA) is 33.1 Å². The van der Waals surface area contributed by atoms with Crippen LogP contribution in [0.1, 0.15) is 25.0 Å². The maximum Gasteiger partial charge on any atom is 0.126 e. The second kappa shape index (κ2) is 2.52. The molecule has 2 rings (SSSR count). The summed E-state index contributed by atoms with van der Waals surface area (Å²) in [5.74, 6) is -0.333. The van der Waals surface area contributed by atoms with Gasteiger partial charge in [0.25, 0.3) is 0 Å². The lowest BCUT2D eigenvalue weighted by Crippen LogP contribution is -2.34. The van der Waals surface area contributed by atoms with E-state index in [0.717, 1.165) is 6.42 Å². The van der Waals surface area contributed by atoms with E-state index in [4.69, 9.17) is 0 Å². The van der Waals surface area contributed by atoms with E-state index in [1.54, 1.807) is 0 Å². The molecule has 0 radical (unpaired) electrons. The van der Waals surface area contributed by atoms with Crippen molar-refractivity contribution in [2.75, 3.05) is 0 Å². The molecule has 0 aliphatic heterocycles. The summed E-state index contributed by atoms with van der Waals surface area (Å²) in [5.41, 5.74) is -0.379. The van der Waals surface area contributed by atoms with Crippen molar-refractivity contribution in [2.24, 2.45) is 0 Å². The van der Waals surface area contributed by atoms with E-state index in [1.807, 2.05) is 0 Å². The molecule has 1 saturated carbocycles. The number of aromatic nitrogens is 1. The maximum absolute atomic E-state index is 12.7. The molecule has 1 aliphatic carbocycles. The van der Waals surface area contributed by atoms with Crippen LogP contribution in [0.15, 0.2) is 18.3 Å². The lowest BCUT2D eigenvalue weighted by atomic mass is 9.77. The van der Waals surface area contributed by atoms with Crippen molar-refractivity contribution in [1.82, 2.24) is 4.98 Å². The van der Waals surface area contributed by atoms with Crippen LogP contribution in [0.3, 0.4) is 0 Å². The largest absolute Gasteiger partial charge is 0.384 e. The quantitative estimate of drug-likeness (QED) is 0.689. The number of aliphatic hydroxyl groups is 1. The minimum Gasteiger partial charge on any atom is -0.384 e. The number of hydrogen-bond donors (Lipinski definition) is 1. The van der Waals surface area contributed by atoms with Crippen molar-refractivity contribution < 1.29 is 9.50 Å². The van der Waals surface area contributed by atoms with Gasteiger partial charge in [-0.1, -0.05) is 0 Å². The first-order chi connectivity index (χ1) is 5.71. The molecule has 0 bridgehead atoms. The average Bonchev–Trinajstić information content (AvgIpc) is 2.00. The molecule has 0 saturated heterocycles. The maximum atomic E-state index is 12.7. The van der Waals surface area contributed by atoms with Crippen LogP contribution in [-0.2, 0) is 5.60 Å². The third-order valence-corrected chi connectivity index (χ3v) is 2.38. The van der Waals surface area contributed by atoms with Gasteiger partial charge in [-0.25, -0.2) is 4.39 Å². The van der Waals surface area contributed by atoms with Crippen LogP contribution in [0.25, 0.3) is 0 Å². The summed E-state index contributed by atoms with van der Waals surface area (Å²) >= 11 is 0. The number of nitrogens with zero attached hydrogens (tertiary/aromatic N) is 1. The highest BCUT2D eigenvalue weighted by Crippen LogP contribution is 2.39. The molecule has 1 N–H and O–H groups in total. The third kappa shape index (κ3) is 1.10. The number of rotatable bonds is 1. The van der Waals surface area contributed by atoms with Gasteiger partial charge in [-0.15, -0.1) is 0 Å². The molecule has 0 unspecified atom stereocenters. The standard InChI is InChI=1S/C9H10FNO/c10-7-2-5-11-8(6-7)9(12)3-1-4-9/h2,5-6,12H,1,3-4H2. The molecule has 1 aromatic heterocycles. The normalized spacial score (nSPS) is 20.2. The van der Waals surface area contributed by atoms with Gasteiger partial charge >= 0.3 is 0 Å². The fourth-order valence-corrected chi connectivity index (χ4v) is 1.43. The van der Waals surface area contributed by atoms with Crippen LogP contribution in [0.4, 0.5) is 4.39 Å². The van der Waals surface area contributed by atoms with E-state index in [-0.39, 0.29) is 5.82 Å². The highest BCUT2D eigenvalue weighted by atomic mass is 19.1. The molecule has 1 aliphatic rings. The van der Waals surface area contributed by atoms with Crippen LogP contribution in [0.2, 0.25) is 0 Å². The second-order valence-corrected chi connectivity index (χ2v) is 3.24. The Hall–Kier alpha value is -0.960. The molecule has 12 heavy (non-hydrogen) atoms. The predicted molar refractivity (Wildman–Crippen MR) is 41.9 cm³/mol. The first-order valence-electron chi connectivity index (χ1n) is 4.05.